The first-order valence-electron chi connectivity index (χ1n) is 15.2. The molecule has 0 radical (unpaired) electrons. The molecule has 3 aromatic carbocycles. The minimum absolute atomic E-state index is 0.0456. The highest BCUT2D eigenvalue weighted by atomic mass is 35.5. The summed E-state index contributed by atoms with van der Waals surface area (Å²) in [5.74, 6) is -0.0890. The average molecular weight is 674 g/mol. The quantitative estimate of drug-likeness (QED) is 0.279. The van der Waals surface area contributed by atoms with Crippen molar-refractivity contribution in [2.24, 2.45) is 21.4 Å². The van der Waals surface area contributed by atoms with E-state index < -0.39 is 23.9 Å². The lowest BCUT2D eigenvalue weighted by atomic mass is 9.77. The summed E-state index contributed by atoms with van der Waals surface area (Å²) in [6, 6.07) is 17.4. The fourth-order valence-corrected chi connectivity index (χ4v) is 7.20. The summed E-state index contributed by atoms with van der Waals surface area (Å²) in [4.78, 5) is 42.1. The maximum atomic E-state index is 14.2. The number of hydrogen-bond donors (Lipinski definition) is 0. The smallest absolute Gasteiger partial charge is 0.264 e. The Kier molecular flexibility index (Phi) is 8.19. The van der Waals surface area contributed by atoms with Crippen LogP contribution in [0.3, 0.4) is 0 Å². The number of benzene rings is 3. The molecule has 1 saturated carbocycles. The third-order valence-corrected chi connectivity index (χ3v) is 9.51. The lowest BCUT2D eigenvalue weighted by molar-refractivity contribution is -0.136. The monoisotopic (exact) mass is 672 g/mol. The van der Waals surface area contributed by atoms with Gasteiger partial charge in [-0.1, -0.05) is 52.7 Å². The van der Waals surface area contributed by atoms with E-state index >= 15 is 0 Å². The van der Waals surface area contributed by atoms with E-state index in [-0.39, 0.29) is 35.1 Å². The van der Waals surface area contributed by atoms with Gasteiger partial charge >= 0.3 is 0 Å². The van der Waals surface area contributed by atoms with Gasteiger partial charge < -0.3 is 9.47 Å². The minimum Gasteiger partial charge on any atom is -0.497 e. The highest BCUT2D eigenvalue weighted by molar-refractivity contribution is 6.38. The summed E-state index contributed by atoms with van der Waals surface area (Å²) in [7, 11) is 3.24. The molecule has 0 spiro atoms. The molecule has 2 fully saturated rings. The average Bonchev–Trinajstić information content (AvgIpc) is 3.75. The summed E-state index contributed by atoms with van der Waals surface area (Å²) in [5.41, 5.74) is 4.04. The highest BCUT2D eigenvalue weighted by Gasteiger charge is 2.56. The Morgan fingerprint density at radius 3 is 2.32 bits per heavy atom. The zero-order chi connectivity index (χ0) is 32.8. The Hall–Kier alpha value is -4.74. The molecular formula is C34H30Cl2N6O5. The van der Waals surface area contributed by atoms with Crippen molar-refractivity contribution in [2.75, 3.05) is 25.7 Å². The van der Waals surface area contributed by atoms with Crippen molar-refractivity contribution in [1.29, 1.82) is 0 Å². The van der Waals surface area contributed by atoms with Crippen LogP contribution < -0.4 is 14.4 Å². The molecule has 0 N–H and O–H groups in total. The van der Waals surface area contributed by atoms with Crippen LogP contribution >= 0.6 is 23.2 Å². The Bertz CT molecular complexity index is 1840. The van der Waals surface area contributed by atoms with Gasteiger partial charge in [-0.05, 0) is 84.5 Å². The van der Waals surface area contributed by atoms with Gasteiger partial charge in [0.2, 0.25) is 0 Å². The number of carbonyl (C=O) groups is 3. The second kappa shape index (κ2) is 12.5. The lowest BCUT2D eigenvalue weighted by Crippen LogP contribution is -2.45. The number of allylic oxidation sites excluding steroid dienone is 1. The standard InChI is InChI=1S/C34H30Cl2N6O5/c1-46-23-11-6-19(7-12-23)16-21-4-3-5-25-29(21)38-42(31(25)20-8-13-24(47-2)14-9-20)28(43)18-40-32-30(37-39-40)33(44)41(34(32)45)27-15-10-22(35)17-26(27)36/h6-17,25,30-32H,3-5,18H2,1-2H3/b21-16-. The number of rotatable bonds is 7. The van der Waals surface area contributed by atoms with E-state index in [0.29, 0.717) is 10.8 Å². The maximum absolute atomic E-state index is 14.2. The van der Waals surface area contributed by atoms with E-state index in [9.17, 15) is 14.4 Å². The SMILES string of the molecule is COc1ccc(/C=C2/CCCC3C2=NN(C(=O)CN2N=NC4C(=O)N(c5ccc(Cl)cc5Cl)C(=O)C42)C3c2ccc(OC)cc2)cc1. The topological polar surface area (TPSA) is 116 Å². The normalized spacial score (nSPS) is 24.1. The summed E-state index contributed by atoms with van der Waals surface area (Å²) in [5, 5.41) is 16.4. The maximum Gasteiger partial charge on any atom is 0.264 e. The fourth-order valence-electron chi connectivity index (χ4n) is 6.71. The van der Waals surface area contributed by atoms with E-state index in [1.807, 2.05) is 48.5 Å². The summed E-state index contributed by atoms with van der Waals surface area (Å²) in [6.07, 6.45) is 4.71. The Labute approximate surface area is 281 Å². The van der Waals surface area contributed by atoms with Crippen LogP contribution in [0.5, 0.6) is 11.5 Å². The second-order valence-corrected chi connectivity index (χ2v) is 12.5. The Balaban J connectivity index is 1.19. The molecule has 3 amide bonds. The van der Waals surface area contributed by atoms with Crippen LogP contribution in [0, 0.1) is 5.92 Å². The molecule has 0 aromatic heterocycles. The van der Waals surface area contributed by atoms with Crippen LogP contribution in [0.2, 0.25) is 10.0 Å². The molecule has 7 rings (SSSR count). The third kappa shape index (κ3) is 5.53. The molecule has 47 heavy (non-hydrogen) atoms. The van der Waals surface area contributed by atoms with Gasteiger partial charge in [0, 0.05) is 10.9 Å². The molecule has 4 unspecified atom stereocenters. The van der Waals surface area contributed by atoms with Crippen LogP contribution in [0.1, 0.15) is 36.4 Å². The number of imide groups is 1. The third-order valence-electron chi connectivity index (χ3n) is 8.98. The van der Waals surface area contributed by atoms with Crippen LogP contribution in [0.15, 0.2) is 87.7 Å². The zero-order valence-electron chi connectivity index (χ0n) is 25.5. The Morgan fingerprint density at radius 1 is 0.936 bits per heavy atom. The van der Waals surface area contributed by atoms with Gasteiger partial charge in [-0.25, -0.2) is 9.91 Å². The summed E-state index contributed by atoms with van der Waals surface area (Å²) >= 11 is 12.4. The molecule has 13 heteroatoms. The molecule has 1 saturated heterocycles. The number of carbonyl (C=O) groups excluding carboxylic acids is 3. The van der Waals surface area contributed by atoms with Crippen molar-refractivity contribution >= 4 is 58.4 Å². The van der Waals surface area contributed by atoms with Crippen molar-refractivity contribution in [3.63, 3.8) is 0 Å². The van der Waals surface area contributed by atoms with Gasteiger partial charge in [0.05, 0.1) is 36.7 Å². The van der Waals surface area contributed by atoms with Crippen molar-refractivity contribution in [3.05, 3.63) is 93.5 Å². The second-order valence-electron chi connectivity index (χ2n) is 11.7. The first-order chi connectivity index (χ1) is 22.8. The number of halogens is 2. The van der Waals surface area contributed by atoms with Gasteiger partial charge in [0.1, 0.15) is 18.0 Å². The van der Waals surface area contributed by atoms with E-state index in [1.165, 1.54) is 22.2 Å². The van der Waals surface area contributed by atoms with E-state index in [2.05, 4.69) is 16.4 Å². The zero-order valence-corrected chi connectivity index (χ0v) is 27.1. The minimum atomic E-state index is -1.09. The number of hydrogen-bond acceptors (Lipinski definition) is 9. The number of hydrazone groups is 1. The summed E-state index contributed by atoms with van der Waals surface area (Å²) < 4.78 is 10.7. The predicted molar refractivity (Wildman–Crippen MR) is 176 cm³/mol. The van der Waals surface area contributed by atoms with E-state index in [4.69, 9.17) is 37.8 Å². The number of nitrogens with zero attached hydrogens (tertiary/aromatic N) is 6. The van der Waals surface area contributed by atoms with Gasteiger partial charge in [-0.3, -0.25) is 19.4 Å². The molecule has 4 atom stereocenters. The van der Waals surface area contributed by atoms with Crippen molar-refractivity contribution in [3.8, 4) is 11.5 Å². The molecule has 0 bridgehead atoms. The van der Waals surface area contributed by atoms with Gasteiger partial charge in [-0.15, -0.1) is 0 Å². The van der Waals surface area contributed by atoms with Crippen molar-refractivity contribution in [2.45, 2.75) is 37.4 Å². The number of amides is 3. The first kappa shape index (κ1) is 30.9. The van der Waals surface area contributed by atoms with Gasteiger partial charge in [-0.2, -0.15) is 10.2 Å². The molecule has 3 heterocycles. The number of ether oxygens (including phenoxy) is 2. The molecule has 1 aliphatic carbocycles. The number of anilines is 1. The fraction of sp³-hybridized carbons (Fsp3) is 0.294. The summed E-state index contributed by atoms with van der Waals surface area (Å²) in [6.45, 7) is -0.306. The molecule has 11 nitrogen and oxygen atoms in total. The van der Waals surface area contributed by atoms with Crippen molar-refractivity contribution < 1.29 is 23.9 Å². The molecule has 3 aliphatic heterocycles. The van der Waals surface area contributed by atoms with Gasteiger partial charge in [0.25, 0.3) is 17.7 Å². The van der Waals surface area contributed by atoms with Crippen molar-refractivity contribution in [1.82, 2.24) is 10.0 Å². The van der Waals surface area contributed by atoms with Crippen LogP contribution in [0.25, 0.3) is 6.08 Å². The Morgan fingerprint density at radius 2 is 1.64 bits per heavy atom. The lowest BCUT2D eigenvalue weighted by Gasteiger charge is -2.30. The van der Waals surface area contributed by atoms with Crippen LogP contribution in [-0.2, 0) is 14.4 Å². The molecular weight excluding hydrogens is 643 g/mol. The molecule has 4 aliphatic rings. The van der Waals surface area contributed by atoms with Crippen LogP contribution in [-0.4, -0.2) is 66.3 Å². The van der Waals surface area contributed by atoms with E-state index in [1.54, 1.807) is 20.3 Å². The van der Waals surface area contributed by atoms with E-state index in [0.717, 1.165) is 52.3 Å². The number of methoxy groups -OCH3 is 2. The largest absolute Gasteiger partial charge is 0.497 e. The predicted octanol–water partition coefficient (Wildman–Crippen LogP) is 6.13. The molecule has 240 valence electrons. The molecule has 3 aromatic rings. The van der Waals surface area contributed by atoms with Crippen LogP contribution in [0.4, 0.5) is 5.69 Å². The highest BCUT2D eigenvalue weighted by Crippen LogP contribution is 2.45. The first-order valence-corrected chi connectivity index (χ1v) is 15.9. The van der Waals surface area contributed by atoms with Gasteiger partial charge in [0.15, 0.2) is 12.1 Å². The number of fused-ring (bicyclic) bond motifs is 2.